The Morgan fingerprint density at radius 1 is 1.24 bits per heavy atom. The van der Waals surface area contributed by atoms with Gasteiger partial charge in [0.1, 0.15) is 0 Å². The predicted octanol–water partition coefficient (Wildman–Crippen LogP) is 1.78. The van der Waals surface area contributed by atoms with E-state index in [-0.39, 0.29) is 29.9 Å². The molecule has 0 aromatic heterocycles. The molecule has 1 aromatic rings. The van der Waals surface area contributed by atoms with Gasteiger partial charge in [-0.2, -0.15) is 0 Å². The Bertz CT molecular complexity index is 463. The highest BCUT2D eigenvalue weighted by molar-refractivity contribution is 14.0. The quantitative estimate of drug-likeness (QED) is 0.385. The highest BCUT2D eigenvalue weighted by Crippen LogP contribution is 2.05. The molecule has 0 radical (unpaired) electrons. The molecular weight excluding hydrogens is 379 g/mol. The van der Waals surface area contributed by atoms with Gasteiger partial charge in [0.05, 0.1) is 0 Å². The molecule has 0 atom stereocenters. The van der Waals surface area contributed by atoms with Gasteiger partial charge in [-0.15, -0.1) is 24.0 Å². The first-order chi connectivity index (χ1) is 9.71. The maximum absolute atomic E-state index is 11.6. The van der Waals surface area contributed by atoms with Crippen molar-refractivity contribution >= 4 is 35.8 Å². The van der Waals surface area contributed by atoms with E-state index < -0.39 is 0 Å². The van der Waals surface area contributed by atoms with Crippen molar-refractivity contribution in [2.45, 2.75) is 19.8 Å². The molecule has 0 saturated carbocycles. The Morgan fingerprint density at radius 2 is 1.95 bits per heavy atom. The van der Waals surface area contributed by atoms with Crippen LogP contribution in [0.25, 0.3) is 0 Å². The van der Waals surface area contributed by atoms with Crippen LogP contribution >= 0.6 is 24.0 Å². The van der Waals surface area contributed by atoms with E-state index in [4.69, 9.17) is 0 Å². The minimum absolute atomic E-state index is 0. The largest absolute Gasteiger partial charge is 0.356 e. The first-order valence-electron chi connectivity index (χ1n) is 6.96. The molecule has 0 aliphatic rings. The fraction of sp³-hybridized carbons (Fsp3) is 0.467. The molecule has 0 saturated heterocycles. The van der Waals surface area contributed by atoms with Gasteiger partial charge in [0, 0.05) is 32.7 Å². The topological polar surface area (TPSA) is 65.5 Å². The van der Waals surface area contributed by atoms with Gasteiger partial charge in [-0.05, 0) is 30.5 Å². The normalized spacial score (nSPS) is 10.5. The fourth-order valence-corrected chi connectivity index (χ4v) is 1.80. The highest BCUT2D eigenvalue weighted by Gasteiger charge is 2.03. The summed E-state index contributed by atoms with van der Waals surface area (Å²) >= 11 is 0. The molecule has 1 amide bonds. The van der Waals surface area contributed by atoms with Crippen LogP contribution in [-0.2, 0) is 6.42 Å². The van der Waals surface area contributed by atoms with E-state index in [1.165, 1.54) is 0 Å². The van der Waals surface area contributed by atoms with E-state index in [2.05, 4.69) is 27.9 Å². The number of hydrogen-bond donors (Lipinski definition) is 3. The number of carbonyl (C=O) groups is 1. The van der Waals surface area contributed by atoms with Crippen molar-refractivity contribution in [2.24, 2.45) is 4.99 Å². The minimum Gasteiger partial charge on any atom is -0.356 e. The summed E-state index contributed by atoms with van der Waals surface area (Å²) in [6.45, 7) is 3.80. The summed E-state index contributed by atoms with van der Waals surface area (Å²) in [5, 5.41) is 9.10. The SMILES string of the molecule is CCCNC(=NC)NCCc1cccc(C(=O)NC)c1.I. The average molecular weight is 404 g/mol. The van der Waals surface area contributed by atoms with E-state index in [0.29, 0.717) is 5.56 Å². The second-order valence-electron chi connectivity index (χ2n) is 4.46. The van der Waals surface area contributed by atoms with Crippen molar-refractivity contribution in [3.8, 4) is 0 Å². The molecule has 0 heterocycles. The Balaban J connectivity index is 0.00000400. The number of nitrogens with one attached hydrogen (secondary N) is 3. The second kappa shape index (κ2) is 11.4. The van der Waals surface area contributed by atoms with Gasteiger partial charge in [-0.25, -0.2) is 0 Å². The first kappa shape index (κ1) is 19.7. The summed E-state index contributed by atoms with van der Waals surface area (Å²) in [7, 11) is 3.40. The van der Waals surface area contributed by atoms with Crippen LogP contribution in [0.3, 0.4) is 0 Å². The molecule has 0 aliphatic carbocycles. The van der Waals surface area contributed by atoms with Crippen LogP contribution < -0.4 is 16.0 Å². The third kappa shape index (κ3) is 7.31. The van der Waals surface area contributed by atoms with Gasteiger partial charge >= 0.3 is 0 Å². The van der Waals surface area contributed by atoms with Crippen molar-refractivity contribution in [3.05, 3.63) is 35.4 Å². The molecule has 0 fully saturated rings. The lowest BCUT2D eigenvalue weighted by atomic mass is 10.1. The van der Waals surface area contributed by atoms with Gasteiger partial charge in [-0.1, -0.05) is 19.1 Å². The zero-order valence-electron chi connectivity index (χ0n) is 12.9. The summed E-state index contributed by atoms with van der Waals surface area (Å²) < 4.78 is 0. The van der Waals surface area contributed by atoms with E-state index in [1.54, 1.807) is 14.1 Å². The zero-order valence-corrected chi connectivity index (χ0v) is 15.2. The third-order valence-electron chi connectivity index (χ3n) is 2.89. The summed E-state index contributed by atoms with van der Waals surface area (Å²) in [6.07, 6.45) is 1.91. The number of halogens is 1. The molecule has 1 aromatic carbocycles. The lowest BCUT2D eigenvalue weighted by Gasteiger charge is -2.11. The Hall–Kier alpha value is -1.31. The summed E-state index contributed by atoms with van der Waals surface area (Å²) in [4.78, 5) is 15.7. The maximum atomic E-state index is 11.6. The number of rotatable bonds is 6. The number of benzene rings is 1. The Kier molecular flexibility index (Phi) is 10.7. The highest BCUT2D eigenvalue weighted by atomic mass is 127. The van der Waals surface area contributed by atoms with Crippen LogP contribution in [0.4, 0.5) is 0 Å². The summed E-state index contributed by atoms with van der Waals surface area (Å²) in [5.74, 6) is 0.759. The monoisotopic (exact) mass is 404 g/mol. The molecule has 21 heavy (non-hydrogen) atoms. The minimum atomic E-state index is -0.0553. The number of hydrogen-bond acceptors (Lipinski definition) is 2. The van der Waals surface area contributed by atoms with Crippen LogP contribution in [0.5, 0.6) is 0 Å². The molecule has 0 aliphatic heterocycles. The number of amides is 1. The zero-order chi connectivity index (χ0) is 14.8. The van der Waals surface area contributed by atoms with Gasteiger partial charge in [0.15, 0.2) is 5.96 Å². The molecule has 0 unspecified atom stereocenters. The molecule has 0 bridgehead atoms. The summed E-state index contributed by atoms with van der Waals surface area (Å²) in [6, 6.07) is 7.67. The standard InChI is InChI=1S/C15H24N4O.HI/c1-4-9-18-15(17-3)19-10-8-12-6-5-7-13(11-12)14(20)16-2;/h5-7,11H,4,8-10H2,1-3H3,(H,16,20)(H2,17,18,19);1H. The van der Waals surface area contributed by atoms with Crippen LogP contribution in [0.2, 0.25) is 0 Å². The van der Waals surface area contributed by atoms with Crippen molar-refractivity contribution in [3.63, 3.8) is 0 Å². The molecule has 3 N–H and O–H groups in total. The molecule has 118 valence electrons. The molecular formula is C15H25IN4O. The molecule has 5 nitrogen and oxygen atoms in total. The average Bonchev–Trinajstić information content (AvgIpc) is 2.50. The van der Waals surface area contributed by atoms with E-state index in [0.717, 1.165) is 37.5 Å². The second-order valence-corrected chi connectivity index (χ2v) is 4.46. The number of aliphatic imine (C=N–C) groups is 1. The smallest absolute Gasteiger partial charge is 0.251 e. The van der Waals surface area contributed by atoms with Crippen LogP contribution in [0, 0.1) is 0 Å². The van der Waals surface area contributed by atoms with E-state index in [1.807, 2.05) is 24.3 Å². The van der Waals surface area contributed by atoms with Gasteiger partial charge in [-0.3, -0.25) is 9.79 Å². The molecule has 0 spiro atoms. The van der Waals surface area contributed by atoms with Gasteiger partial charge in [0.2, 0.25) is 0 Å². The van der Waals surface area contributed by atoms with Crippen molar-refractivity contribution in [1.82, 2.24) is 16.0 Å². The number of nitrogens with zero attached hydrogens (tertiary/aromatic N) is 1. The Morgan fingerprint density at radius 3 is 2.57 bits per heavy atom. The molecule has 1 rings (SSSR count). The Labute approximate surface area is 144 Å². The van der Waals surface area contributed by atoms with Crippen LogP contribution in [0.1, 0.15) is 29.3 Å². The summed E-state index contributed by atoms with van der Waals surface area (Å²) in [5.41, 5.74) is 1.82. The third-order valence-corrected chi connectivity index (χ3v) is 2.89. The van der Waals surface area contributed by atoms with E-state index in [9.17, 15) is 4.79 Å². The number of guanidine groups is 1. The fourth-order valence-electron chi connectivity index (χ4n) is 1.80. The van der Waals surface area contributed by atoms with Crippen molar-refractivity contribution in [1.29, 1.82) is 0 Å². The van der Waals surface area contributed by atoms with Gasteiger partial charge < -0.3 is 16.0 Å². The van der Waals surface area contributed by atoms with Crippen LogP contribution in [-0.4, -0.2) is 39.1 Å². The number of carbonyl (C=O) groups excluding carboxylic acids is 1. The predicted molar refractivity (Wildman–Crippen MR) is 98.6 cm³/mol. The van der Waals surface area contributed by atoms with Gasteiger partial charge in [0.25, 0.3) is 5.91 Å². The maximum Gasteiger partial charge on any atom is 0.251 e. The van der Waals surface area contributed by atoms with E-state index >= 15 is 0 Å². The first-order valence-corrected chi connectivity index (χ1v) is 6.96. The van der Waals surface area contributed by atoms with Crippen molar-refractivity contribution in [2.75, 3.05) is 27.2 Å². The lowest BCUT2D eigenvalue weighted by molar-refractivity contribution is 0.0963. The van der Waals surface area contributed by atoms with Crippen LogP contribution in [0.15, 0.2) is 29.3 Å². The lowest BCUT2D eigenvalue weighted by Crippen LogP contribution is -2.38. The molecule has 6 heteroatoms. The van der Waals surface area contributed by atoms with Crippen molar-refractivity contribution < 1.29 is 4.79 Å².